The number of benzene rings is 2. The van der Waals surface area contributed by atoms with E-state index in [4.69, 9.17) is 10.5 Å². The number of hydrogen-bond donors (Lipinski definition) is 1. The van der Waals surface area contributed by atoms with Gasteiger partial charge in [-0.25, -0.2) is 9.18 Å². The molecule has 0 aliphatic heterocycles. The Bertz CT molecular complexity index is 661. The van der Waals surface area contributed by atoms with Gasteiger partial charge in [-0.2, -0.15) is 0 Å². The van der Waals surface area contributed by atoms with Crippen LogP contribution in [0.25, 0.3) is 0 Å². The molecule has 0 bridgehead atoms. The molecule has 2 aromatic carbocycles. The van der Waals surface area contributed by atoms with Gasteiger partial charge in [-0.15, -0.1) is 0 Å². The molecule has 2 rings (SSSR count). The van der Waals surface area contributed by atoms with E-state index in [0.29, 0.717) is 16.0 Å². The van der Waals surface area contributed by atoms with Crippen molar-refractivity contribution >= 4 is 27.6 Å². The Kier molecular flexibility index (Phi) is 4.24. The van der Waals surface area contributed by atoms with E-state index in [0.717, 1.165) is 0 Å². The lowest BCUT2D eigenvalue weighted by Crippen LogP contribution is -2.05. The molecule has 6 heteroatoms. The number of esters is 1. The fourth-order valence-electron chi connectivity index (χ4n) is 1.56. The standard InChI is InChI=1S/C14H11BrFNO3/c1-19-14(18)10-6-8(3-5-13(10)17)20-9-2-4-11(15)12(16)7-9/h2-7H,17H2,1H3. The summed E-state index contributed by atoms with van der Waals surface area (Å²) in [7, 11) is 1.26. The van der Waals surface area contributed by atoms with Gasteiger partial charge in [0.2, 0.25) is 0 Å². The predicted molar refractivity (Wildman–Crippen MR) is 76.4 cm³/mol. The summed E-state index contributed by atoms with van der Waals surface area (Å²) in [5.41, 5.74) is 6.16. The van der Waals surface area contributed by atoms with Gasteiger partial charge in [0, 0.05) is 11.8 Å². The van der Waals surface area contributed by atoms with Crippen LogP contribution in [0.1, 0.15) is 10.4 Å². The van der Waals surface area contributed by atoms with Gasteiger partial charge in [-0.05, 0) is 46.3 Å². The van der Waals surface area contributed by atoms with Crippen molar-refractivity contribution in [3.8, 4) is 11.5 Å². The first-order valence-corrected chi connectivity index (χ1v) is 6.41. The van der Waals surface area contributed by atoms with Gasteiger partial charge < -0.3 is 15.2 Å². The molecule has 4 nitrogen and oxygen atoms in total. The fraction of sp³-hybridized carbons (Fsp3) is 0.0714. The average Bonchev–Trinajstić information content (AvgIpc) is 2.44. The van der Waals surface area contributed by atoms with Crippen LogP contribution in [0.5, 0.6) is 11.5 Å². The van der Waals surface area contributed by atoms with Crippen molar-refractivity contribution in [1.29, 1.82) is 0 Å². The van der Waals surface area contributed by atoms with Gasteiger partial charge in [0.1, 0.15) is 17.3 Å². The predicted octanol–water partition coefficient (Wildman–Crippen LogP) is 3.75. The molecule has 0 atom stereocenters. The van der Waals surface area contributed by atoms with Gasteiger partial charge in [0.15, 0.2) is 0 Å². The Labute approximate surface area is 123 Å². The number of rotatable bonds is 3. The third-order valence-electron chi connectivity index (χ3n) is 2.56. The summed E-state index contributed by atoms with van der Waals surface area (Å²) in [5, 5.41) is 0. The van der Waals surface area contributed by atoms with Crippen LogP contribution in [0, 0.1) is 5.82 Å². The summed E-state index contributed by atoms with van der Waals surface area (Å²) in [6.07, 6.45) is 0. The lowest BCUT2D eigenvalue weighted by atomic mass is 10.1. The summed E-state index contributed by atoms with van der Waals surface area (Å²) in [5.74, 6) is -0.325. The molecular weight excluding hydrogens is 329 g/mol. The first kappa shape index (κ1) is 14.3. The van der Waals surface area contributed by atoms with Crippen molar-refractivity contribution in [3.63, 3.8) is 0 Å². The van der Waals surface area contributed by atoms with E-state index in [2.05, 4.69) is 20.7 Å². The molecule has 104 valence electrons. The van der Waals surface area contributed by atoms with E-state index < -0.39 is 11.8 Å². The smallest absolute Gasteiger partial charge is 0.340 e. The Morgan fingerprint density at radius 1 is 1.20 bits per heavy atom. The highest BCUT2D eigenvalue weighted by Crippen LogP contribution is 2.28. The Balaban J connectivity index is 2.29. The van der Waals surface area contributed by atoms with Gasteiger partial charge in [-0.1, -0.05) is 0 Å². The second-order valence-electron chi connectivity index (χ2n) is 3.92. The monoisotopic (exact) mass is 339 g/mol. The van der Waals surface area contributed by atoms with E-state index >= 15 is 0 Å². The highest BCUT2D eigenvalue weighted by atomic mass is 79.9. The van der Waals surface area contributed by atoms with Crippen LogP contribution in [-0.4, -0.2) is 13.1 Å². The topological polar surface area (TPSA) is 61.5 Å². The van der Waals surface area contributed by atoms with Crippen LogP contribution >= 0.6 is 15.9 Å². The Morgan fingerprint density at radius 3 is 2.50 bits per heavy atom. The molecule has 0 saturated carbocycles. The second-order valence-corrected chi connectivity index (χ2v) is 4.77. The van der Waals surface area contributed by atoms with E-state index in [1.54, 1.807) is 12.1 Å². The molecular formula is C14H11BrFNO3. The van der Waals surface area contributed by atoms with Crippen molar-refractivity contribution in [2.75, 3.05) is 12.8 Å². The normalized spacial score (nSPS) is 10.2. The van der Waals surface area contributed by atoms with Crippen LogP contribution in [0.3, 0.4) is 0 Å². The number of nitrogen functional groups attached to an aromatic ring is 1. The molecule has 0 radical (unpaired) electrons. The molecule has 0 saturated heterocycles. The summed E-state index contributed by atoms with van der Waals surface area (Å²) in [6, 6.07) is 8.92. The summed E-state index contributed by atoms with van der Waals surface area (Å²) in [4.78, 5) is 11.5. The number of nitrogens with two attached hydrogens (primary N) is 1. The first-order valence-electron chi connectivity index (χ1n) is 5.62. The maximum absolute atomic E-state index is 13.4. The Hall–Kier alpha value is -2.08. The molecule has 0 fully saturated rings. The maximum atomic E-state index is 13.4. The molecule has 2 aromatic rings. The number of anilines is 1. The van der Waals surface area contributed by atoms with E-state index in [-0.39, 0.29) is 11.3 Å². The van der Waals surface area contributed by atoms with Crippen molar-refractivity contribution < 1.29 is 18.7 Å². The minimum absolute atomic E-state index is 0.197. The number of methoxy groups -OCH3 is 1. The fourth-order valence-corrected chi connectivity index (χ4v) is 1.81. The number of carbonyl (C=O) groups is 1. The first-order chi connectivity index (χ1) is 9.51. The zero-order valence-corrected chi connectivity index (χ0v) is 12.1. The van der Waals surface area contributed by atoms with Crippen molar-refractivity contribution in [3.05, 3.63) is 52.3 Å². The van der Waals surface area contributed by atoms with E-state index in [1.165, 1.54) is 31.4 Å². The van der Waals surface area contributed by atoms with Gasteiger partial charge in [-0.3, -0.25) is 0 Å². The van der Waals surface area contributed by atoms with Crippen LogP contribution in [0.15, 0.2) is 40.9 Å². The van der Waals surface area contributed by atoms with Crippen LogP contribution in [-0.2, 0) is 4.74 Å². The zero-order chi connectivity index (χ0) is 14.7. The number of halogens is 2. The van der Waals surface area contributed by atoms with Crippen molar-refractivity contribution in [2.24, 2.45) is 0 Å². The molecule has 2 N–H and O–H groups in total. The number of ether oxygens (including phenoxy) is 2. The molecule has 20 heavy (non-hydrogen) atoms. The second kappa shape index (κ2) is 5.92. The van der Waals surface area contributed by atoms with Crippen molar-refractivity contribution in [1.82, 2.24) is 0 Å². The lowest BCUT2D eigenvalue weighted by Gasteiger charge is -2.09. The Morgan fingerprint density at radius 2 is 1.85 bits per heavy atom. The van der Waals surface area contributed by atoms with E-state index in [9.17, 15) is 9.18 Å². The zero-order valence-electron chi connectivity index (χ0n) is 10.5. The summed E-state index contributed by atoms with van der Waals surface area (Å²) >= 11 is 3.06. The van der Waals surface area contributed by atoms with Crippen LogP contribution in [0.2, 0.25) is 0 Å². The molecule has 0 amide bonds. The molecule has 0 heterocycles. The minimum Gasteiger partial charge on any atom is -0.465 e. The molecule has 0 aromatic heterocycles. The van der Waals surface area contributed by atoms with Crippen molar-refractivity contribution in [2.45, 2.75) is 0 Å². The molecule has 0 unspecified atom stereocenters. The van der Waals surface area contributed by atoms with Gasteiger partial charge in [0.05, 0.1) is 17.1 Å². The highest BCUT2D eigenvalue weighted by molar-refractivity contribution is 9.10. The molecule has 0 aliphatic carbocycles. The van der Waals surface area contributed by atoms with Gasteiger partial charge in [0.25, 0.3) is 0 Å². The molecule has 0 aliphatic rings. The van der Waals surface area contributed by atoms with Crippen LogP contribution in [0.4, 0.5) is 10.1 Å². The quantitative estimate of drug-likeness (QED) is 0.683. The minimum atomic E-state index is -0.560. The largest absolute Gasteiger partial charge is 0.465 e. The number of carbonyl (C=O) groups excluding carboxylic acids is 1. The third-order valence-corrected chi connectivity index (χ3v) is 3.20. The highest BCUT2D eigenvalue weighted by Gasteiger charge is 2.12. The average molecular weight is 340 g/mol. The maximum Gasteiger partial charge on any atom is 0.340 e. The summed E-state index contributed by atoms with van der Waals surface area (Å²) in [6.45, 7) is 0. The van der Waals surface area contributed by atoms with E-state index in [1.807, 2.05) is 0 Å². The van der Waals surface area contributed by atoms with Gasteiger partial charge >= 0.3 is 5.97 Å². The van der Waals surface area contributed by atoms with Crippen LogP contribution < -0.4 is 10.5 Å². The lowest BCUT2D eigenvalue weighted by molar-refractivity contribution is 0.0601. The molecule has 0 spiro atoms. The SMILES string of the molecule is COC(=O)c1cc(Oc2ccc(Br)c(F)c2)ccc1N. The third kappa shape index (κ3) is 3.08. The summed E-state index contributed by atoms with van der Waals surface area (Å²) < 4.78 is 23.8. The number of hydrogen-bond acceptors (Lipinski definition) is 4.